The van der Waals surface area contributed by atoms with E-state index in [0.717, 1.165) is 23.0 Å². The molecule has 1 aliphatic heterocycles. The molecule has 0 radical (unpaired) electrons. The Kier molecular flexibility index (Phi) is 4.18. The van der Waals surface area contributed by atoms with Crippen molar-refractivity contribution in [3.05, 3.63) is 47.9 Å². The average Bonchev–Trinajstić information content (AvgIpc) is 3.08. The summed E-state index contributed by atoms with van der Waals surface area (Å²) in [5, 5.41) is 2.54. The van der Waals surface area contributed by atoms with E-state index in [4.69, 9.17) is 10.2 Å². The molecule has 0 spiro atoms. The third-order valence-electron chi connectivity index (χ3n) is 4.03. The van der Waals surface area contributed by atoms with Crippen molar-refractivity contribution in [1.29, 1.82) is 0 Å². The first-order valence-corrected chi connectivity index (χ1v) is 9.05. The van der Waals surface area contributed by atoms with Crippen LogP contribution in [0.3, 0.4) is 0 Å². The van der Waals surface area contributed by atoms with E-state index in [1.165, 1.54) is 26.1 Å². The minimum Gasteiger partial charge on any atom is -0.451 e. The lowest BCUT2D eigenvalue weighted by molar-refractivity contribution is 0.102. The number of benzene rings is 1. The Hall–Kier alpha value is -2.95. The number of anilines is 1. The van der Waals surface area contributed by atoms with Crippen molar-refractivity contribution in [3.8, 4) is 0 Å². The van der Waals surface area contributed by atoms with Crippen LogP contribution < -0.4 is 11.1 Å². The number of sulfonamides is 1. The Morgan fingerprint density at radius 3 is 2.81 bits per heavy atom. The number of oxazole rings is 1. The predicted octanol–water partition coefficient (Wildman–Crippen LogP) is 0.871. The molecule has 11 heteroatoms. The Bertz CT molecular complexity index is 989. The van der Waals surface area contributed by atoms with Crippen LogP contribution in [0.2, 0.25) is 0 Å². The number of nitrogens with two attached hydrogens (primary N) is 1. The van der Waals surface area contributed by atoms with Gasteiger partial charge in [-0.05, 0) is 25.1 Å². The van der Waals surface area contributed by atoms with E-state index in [9.17, 15) is 17.6 Å². The lowest BCUT2D eigenvalue weighted by Crippen LogP contribution is -2.50. The van der Waals surface area contributed by atoms with Crippen molar-refractivity contribution in [2.45, 2.75) is 12.5 Å². The van der Waals surface area contributed by atoms with Crippen molar-refractivity contribution in [2.24, 2.45) is 10.7 Å². The van der Waals surface area contributed by atoms with E-state index in [1.54, 1.807) is 0 Å². The third kappa shape index (κ3) is 3.12. The summed E-state index contributed by atoms with van der Waals surface area (Å²) in [6.07, 6.45) is 2.27. The molecule has 1 aromatic carbocycles. The lowest BCUT2D eigenvalue weighted by atomic mass is 9.93. The lowest BCUT2D eigenvalue weighted by Gasteiger charge is -2.34. The van der Waals surface area contributed by atoms with E-state index in [2.05, 4.69) is 15.3 Å². The van der Waals surface area contributed by atoms with Gasteiger partial charge in [-0.2, -0.15) is 0 Å². The first-order valence-electron chi connectivity index (χ1n) is 7.44. The van der Waals surface area contributed by atoms with Gasteiger partial charge in [-0.3, -0.25) is 4.79 Å². The van der Waals surface area contributed by atoms with E-state index < -0.39 is 33.0 Å². The van der Waals surface area contributed by atoms with Gasteiger partial charge in [-0.15, -0.1) is 0 Å². The van der Waals surface area contributed by atoms with Crippen LogP contribution in [-0.2, 0) is 15.6 Å². The van der Waals surface area contributed by atoms with Crippen molar-refractivity contribution < 1.29 is 22.0 Å². The molecule has 2 aromatic rings. The van der Waals surface area contributed by atoms with Crippen LogP contribution in [0.25, 0.3) is 0 Å². The predicted molar refractivity (Wildman–Crippen MR) is 91.4 cm³/mol. The SMILES string of the molecule is CN1C(N)=N[C@](C)(c2cc(NC(=O)c3cocn3)ccc2F)CS1(=O)=O. The number of hydrogen-bond acceptors (Lipinski definition) is 7. The number of hydrogen-bond donors (Lipinski definition) is 2. The molecule has 3 N–H and O–H groups in total. The zero-order chi connectivity index (χ0) is 19.1. The monoisotopic (exact) mass is 381 g/mol. The summed E-state index contributed by atoms with van der Waals surface area (Å²) in [6, 6.07) is 3.79. The van der Waals surface area contributed by atoms with Crippen molar-refractivity contribution in [1.82, 2.24) is 9.29 Å². The summed E-state index contributed by atoms with van der Waals surface area (Å²) >= 11 is 0. The van der Waals surface area contributed by atoms with Crippen LogP contribution in [0.4, 0.5) is 10.1 Å². The molecule has 3 rings (SSSR count). The average molecular weight is 381 g/mol. The minimum atomic E-state index is -3.75. The van der Waals surface area contributed by atoms with E-state index in [1.807, 2.05) is 0 Å². The number of rotatable bonds is 3. The minimum absolute atomic E-state index is 0.00456. The van der Waals surface area contributed by atoms with Gasteiger partial charge in [0.05, 0.1) is 5.75 Å². The number of nitrogens with zero attached hydrogens (tertiary/aromatic N) is 3. The second kappa shape index (κ2) is 6.09. The number of carbonyl (C=O) groups is 1. The molecule has 0 aliphatic carbocycles. The summed E-state index contributed by atoms with van der Waals surface area (Å²) in [6.45, 7) is 1.46. The number of halogens is 1. The van der Waals surface area contributed by atoms with Gasteiger partial charge in [0.15, 0.2) is 12.1 Å². The largest absolute Gasteiger partial charge is 0.451 e. The second-order valence-electron chi connectivity index (χ2n) is 5.99. The highest BCUT2D eigenvalue weighted by Crippen LogP contribution is 2.34. The molecule has 1 aromatic heterocycles. The number of guanidine groups is 1. The van der Waals surface area contributed by atoms with E-state index >= 15 is 0 Å². The quantitative estimate of drug-likeness (QED) is 0.811. The Labute approximate surface area is 148 Å². The summed E-state index contributed by atoms with van der Waals surface area (Å²) in [7, 11) is -2.48. The number of aliphatic imine (C=N–C) groups is 1. The molecule has 1 aliphatic rings. The van der Waals surface area contributed by atoms with Crippen molar-refractivity contribution in [3.63, 3.8) is 0 Å². The number of nitrogens with one attached hydrogen (secondary N) is 1. The highest BCUT2D eigenvalue weighted by molar-refractivity contribution is 7.89. The smallest absolute Gasteiger partial charge is 0.277 e. The molecular formula is C15H16FN5O4S. The zero-order valence-corrected chi connectivity index (χ0v) is 14.7. The standard InChI is InChI=1S/C15H16FN5O4S/c1-15(7-26(23,24)21(2)14(17)20-15)10-5-9(3-4-11(10)16)19-13(22)12-6-25-8-18-12/h3-6,8H,7H2,1-2H3,(H2,17,20)(H,19,22)/t15-/m0/s1. The Balaban J connectivity index is 1.99. The van der Waals surface area contributed by atoms with Crippen LogP contribution in [-0.4, -0.2) is 42.4 Å². The molecule has 0 fully saturated rings. The van der Waals surface area contributed by atoms with Gasteiger partial charge in [0.2, 0.25) is 16.0 Å². The molecule has 2 heterocycles. The van der Waals surface area contributed by atoms with E-state index in [-0.39, 0.29) is 22.9 Å². The van der Waals surface area contributed by atoms with Crippen LogP contribution in [0.15, 0.2) is 40.3 Å². The van der Waals surface area contributed by atoms with Gasteiger partial charge >= 0.3 is 0 Å². The number of aromatic nitrogens is 1. The molecule has 0 saturated carbocycles. The Morgan fingerprint density at radius 2 is 2.19 bits per heavy atom. The molecular weight excluding hydrogens is 365 g/mol. The molecule has 0 bridgehead atoms. The summed E-state index contributed by atoms with van der Waals surface area (Å²) < 4.78 is 44.5. The van der Waals surface area contributed by atoms with Gasteiger partial charge < -0.3 is 15.5 Å². The fraction of sp³-hybridized carbons (Fsp3) is 0.267. The third-order valence-corrected chi connectivity index (χ3v) is 5.98. The summed E-state index contributed by atoms with van der Waals surface area (Å²) in [5.74, 6) is -1.92. The molecule has 26 heavy (non-hydrogen) atoms. The van der Waals surface area contributed by atoms with Crippen LogP contribution in [0.5, 0.6) is 0 Å². The van der Waals surface area contributed by atoms with E-state index in [0.29, 0.717) is 0 Å². The van der Waals surface area contributed by atoms with Crippen molar-refractivity contribution in [2.75, 3.05) is 18.1 Å². The fourth-order valence-corrected chi connectivity index (χ4v) is 4.07. The normalized spacial score (nSPS) is 22.0. The molecule has 1 amide bonds. The van der Waals surface area contributed by atoms with Gasteiger partial charge in [0, 0.05) is 18.3 Å². The summed E-state index contributed by atoms with van der Waals surface area (Å²) in [5.41, 5.74) is 4.54. The van der Waals surface area contributed by atoms with Gasteiger partial charge in [0.1, 0.15) is 17.6 Å². The van der Waals surface area contributed by atoms with Crippen LogP contribution in [0.1, 0.15) is 23.0 Å². The van der Waals surface area contributed by atoms with Gasteiger partial charge in [-0.25, -0.2) is 27.1 Å². The topological polar surface area (TPSA) is 131 Å². The number of amides is 1. The summed E-state index contributed by atoms with van der Waals surface area (Å²) in [4.78, 5) is 19.9. The highest BCUT2D eigenvalue weighted by Gasteiger charge is 2.41. The molecule has 1 atom stereocenters. The maximum Gasteiger partial charge on any atom is 0.277 e. The second-order valence-corrected chi connectivity index (χ2v) is 7.99. The maximum atomic E-state index is 14.4. The zero-order valence-electron chi connectivity index (χ0n) is 13.9. The first-order chi connectivity index (χ1) is 12.1. The molecule has 9 nitrogen and oxygen atoms in total. The molecule has 0 unspecified atom stereocenters. The van der Waals surface area contributed by atoms with Gasteiger partial charge in [-0.1, -0.05) is 0 Å². The highest BCUT2D eigenvalue weighted by atomic mass is 32.2. The molecule has 138 valence electrons. The maximum absolute atomic E-state index is 14.4. The fourth-order valence-electron chi connectivity index (χ4n) is 2.62. The van der Waals surface area contributed by atoms with Gasteiger partial charge in [0.25, 0.3) is 5.91 Å². The molecule has 0 saturated heterocycles. The van der Waals surface area contributed by atoms with Crippen LogP contribution >= 0.6 is 0 Å². The van der Waals surface area contributed by atoms with Crippen molar-refractivity contribution >= 4 is 27.6 Å². The number of carbonyl (C=O) groups excluding carboxylic acids is 1. The van der Waals surface area contributed by atoms with Crippen LogP contribution in [0, 0.1) is 5.82 Å². The Morgan fingerprint density at radius 1 is 1.46 bits per heavy atom. The first kappa shape index (κ1) is 17.9.